The summed E-state index contributed by atoms with van der Waals surface area (Å²) < 4.78 is 0. The second-order valence-electron chi connectivity index (χ2n) is 7.92. The van der Waals surface area contributed by atoms with E-state index in [-0.39, 0.29) is 5.91 Å². The molecule has 146 valence electrons. The molecule has 1 aliphatic carbocycles. The van der Waals surface area contributed by atoms with E-state index in [0.717, 1.165) is 57.5 Å². The number of nitrogen functional groups attached to an aromatic ring is 1. The molecule has 3 aromatic heterocycles. The van der Waals surface area contributed by atoms with E-state index < -0.39 is 0 Å². The topological polar surface area (TPSA) is 80.9 Å². The quantitative estimate of drug-likeness (QED) is 0.488. The summed E-state index contributed by atoms with van der Waals surface area (Å²) in [5, 5.41) is 4.85. The molecule has 5 nitrogen and oxygen atoms in total. The Kier molecular flexibility index (Phi) is 4.24. The summed E-state index contributed by atoms with van der Waals surface area (Å²) in [5.41, 5.74) is 11.8. The van der Waals surface area contributed by atoms with Crippen molar-refractivity contribution in [2.45, 2.75) is 33.1 Å². The third-order valence-corrected chi connectivity index (χ3v) is 6.74. The van der Waals surface area contributed by atoms with Gasteiger partial charge >= 0.3 is 0 Å². The van der Waals surface area contributed by atoms with Crippen LogP contribution in [0.1, 0.15) is 40.0 Å². The van der Waals surface area contributed by atoms with Crippen molar-refractivity contribution < 1.29 is 4.79 Å². The maximum absolute atomic E-state index is 13.1. The lowest BCUT2D eigenvalue weighted by molar-refractivity contribution is 0.103. The maximum Gasteiger partial charge on any atom is 0.267 e. The Labute approximate surface area is 173 Å². The number of aryl methyl sites for hydroxylation is 2. The number of benzene rings is 1. The van der Waals surface area contributed by atoms with E-state index >= 15 is 0 Å². The van der Waals surface area contributed by atoms with Gasteiger partial charge in [0.1, 0.15) is 9.71 Å². The number of pyridine rings is 2. The lowest BCUT2D eigenvalue weighted by atomic mass is 9.87. The highest BCUT2D eigenvalue weighted by Gasteiger charge is 2.22. The van der Waals surface area contributed by atoms with Crippen LogP contribution in [0.3, 0.4) is 0 Å². The highest BCUT2D eigenvalue weighted by molar-refractivity contribution is 7.21. The number of rotatable bonds is 2. The Morgan fingerprint density at radius 2 is 2.03 bits per heavy atom. The van der Waals surface area contributed by atoms with Crippen LogP contribution in [0.15, 0.2) is 36.4 Å². The van der Waals surface area contributed by atoms with Crippen molar-refractivity contribution in [1.29, 1.82) is 0 Å². The number of carbonyl (C=O) groups is 1. The molecule has 0 saturated carbocycles. The molecule has 0 bridgehead atoms. The van der Waals surface area contributed by atoms with Gasteiger partial charge in [0.2, 0.25) is 0 Å². The highest BCUT2D eigenvalue weighted by Crippen LogP contribution is 2.37. The fourth-order valence-corrected chi connectivity index (χ4v) is 5.12. The van der Waals surface area contributed by atoms with Crippen molar-refractivity contribution in [2.24, 2.45) is 5.92 Å². The number of carbonyl (C=O) groups excluding carboxylic acids is 1. The lowest BCUT2D eigenvalue weighted by Gasteiger charge is -2.20. The number of para-hydroxylation sites is 1. The van der Waals surface area contributed by atoms with Gasteiger partial charge in [0, 0.05) is 22.2 Å². The normalized spacial score (nSPS) is 16.1. The van der Waals surface area contributed by atoms with Crippen LogP contribution in [0.4, 0.5) is 11.4 Å². The van der Waals surface area contributed by atoms with Crippen molar-refractivity contribution in [2.75, 3.05) is 11.1 Å². The van der Waals surface area contributed by atoms with Crippen molar-refractivity contribution in [3.63, 3.8) is 0 Å². The minimum absolute atomic E-state index is 0.201. The molecule has 5 rings (SSSR count). The molecule has 0 saturated heterocycles. The standard InChI is InChI=1S/C23H22N4OS/c1-12-7-8-17-14(9-12)11-16-20(24)21(29-23(16)27-17)22(28)26-19-10-13(2)25-18-6-4-3-5-15(18)19/h3-6,10-12H,7-9,24H2,1-2H3,(H,25,26,28). The van der Waals surface area contributed by atoms with Crippen LogP contribution in [0.25, 0.3) is 21.1 Å². The molecular formula is C23H22N4OS. The van der Waals surface area contributed by atoms with E-state index in [0.29, 0.717) is 16.5 Å². The molecule has 29 heavy (non-hydrogen) atoms. The van der Waals surface area contributed by atoms with Crippen molar-refractivity contribution in [3.05, 3.63) is 58.2 Å². The Hall–Kier alpha value is -2.99. The van der Waals surface area contributed by atoms with E-state index in [1.165, 1.54) is 16.9 Å². The molecule has 1 unspecified atom stereocenters. The van der Waals surface area contributed by atoms with Gasteiger partial charge in [-0.15, -0.1) is 11.3 Å². The van der Waals surface area contributed by atoms with E-state index in [4.69, 9.17) is 10.7 Å². The molecule has 6 heteroatoms. The van der Waals surface area contributed by atoms with Gasteiger partial charge in [-0.05, 0) is 55.9 Å². The smallest absolute Gasteiger partial charge is 0.267 e. The largest absolute Gasteiger partial charge is 0.397 e. The van der Waals surface area contributed by atoms with Crippen molar-refractivity contribution in [3.8, 4) is 0 Å². The molecule has 0 aliphatic heterocycles. The van der Waals surface area contributed by atoms with Crippen molar-refractivity contribution >= 4 is 49.7 Å². The lowest BCUT2D eigenvalue weighted by Crippen LogP contribution is -2.13. The number of amides is 1. The Morgan fingerprint density at radius 1 is 1.21 bits per heavy atom. The average molecular weight is 403 g/mol. The van der Waals surface area contributed by atoms with Crippen LogP contribution in [0, 0.1) is 12.8 Å². The fourth-order valence-electron chi connectivity index (χ4n) is 4.13. The van der Waals surface area contributed by atoms with Gasteiger partial charge in [-0.1, -0.05) is 25.1 Å². The highest BCUT2D eigenvalue weighted by atomic mass is 32.1. The predicted octanol–water partition coefficient (Wildman–Crippen LogP) is 5.11. The SMILES string of the molecule is Cc1cc(NC(=O)c2sc3nc4c(cc3c2N)CC(C)CC4)c2ccccc2n1. The molecule has 1 amide bonds. The first-order valence-electron chi connectivity index (χ1n) is 9.88. The second-order valence-corrected chi connectivity index (χ2v) is 8.92. The number of hydrogen-bond donors (Lipinski definition) is 2. The van der Waals surface area contributed by atoms with Gasteiger partial charge in [-0.25, -0.2) is 4.98 Å². The predicted molar refractivity (Wildman–Crippen MR) is 120 cm³/mol. The zero-order valence-corrected chi connectivity index (χ0v) is 17.3. The number of aromatic nitrogens is 2. The monoisotopic (exact) mass is 402 g/mol. The second kappa shape index (κ2) is 6.81. The number of fused-ring (bicyclic) bond motifs is 3. The summed E-state index contributed by atoms with van der Waals surface area (Å²) in [6.45, 7) is 4.19. The number of anilines is 2. The van der Waals surface area contributed by atoms with Gasteiger partial charge in [0.05, 0.1) is 16.9 Å². The maximum atomic E-state index is 13.1. The van der Waals surface area contributed by atoms with Crippen LogP contribution < -0.4 is 11.1 Å². The fraction of sp³-hybridized carbons (Fsp3) is 0.261. The summed E-state index contributed by atoms with van der Waals surface area (Å²) >= 11 is 1.37. The summed E-state index contributed by atoms with van der Waals surface area (Å²) in [7, 11) is 0. The number of nitrogens with one attached hydrogen (secondary N) is 1. The van der Waals surface area contributed by atoms with Gasteiger partial charge in [0.15, 0.2) is 0 Å². The number of hydrogen-bond acceptors (Lipinski definition) is 5. The van der Waals surface area contributed by atoms with Crippen molar-refractivity contribution in [1.82, 2.24) is 9.97 Å². The van der Waals surface area contributed by atoms with E-state index in [9.17, 15) is 4.79 Å². The molecule has 0 spiro atoms. The van der Waals surface area contributed by atoms with E-state index in [1.807, 2.05) is 37.3 Å². The van der Waals surface area contributed by atoms with Crippen LogP contribution in [-0.4, -0.2) is 15.9 Å². The molecule has 0 radical (unpaired) electrons. The first-order chi connectivity index (χ1) is 14.0. The summed E-state index contributed by atoms with van der Waals surface area (Å²) in [6, 6.07) is 11.8. The first kappa shape index (κ1) is 18.1. The number of thiophene rings is 1. The molecule has 1 aromatic carbocycles. The van der Waals surface area contributed by atoms with Gasteiger partial charge in [0.25, 0.3) is 5.91 Å². The van der Waals surface area contributed by atoms with Crippen LogP contribution in [-0.2, 0) is 12.8 Å². The van der Waals surface area contributed by atoms with Gasteiger partial charge in [-0.2, -0.15) is 0 Å². The molecule has 4 aromatic rings. The van der Waals surface area contributed by atoms with Crippen LogP contribution in [0.2, 0.25) is 0 Å². The van der Waals surface area contributed by atoms with Gasteiger partial charge < -0.3 is 11.1 Å². The molecule has 1 atom stereocenters. The third kappa shape index (κ3) is 3.13. The first-order valence-corrected chi connectivity index (χ1v) is 10.7. The Balaban J connectivity index is 1.54. The average Bonchev–Trinajstić information content (AvgIpc) is 3.02. The minimum atomic E-state index is -0.201. The van der Waals surface area contributed by atoms with Gasteiger partial charge in [-0.3, -0.25) is 9.78 Å². The number of nitrogens with two attached hydrogens (primary N) is 1. The number of nitrogens with zero attached hydrogens (tertiary/aromatic N) is 2. The summed E-state index contributed by atoms with van der Waals surface area (Å²) in [6.07, 6.45) is 3.18. The molecule has 1 aliphatic rings. The molecule has 3 N–H and O–H groups in total. The molecular weight excluding hydrogens is 380 g/mol. The minimum Gasteiger partial charge on any atom is -0.397 e. The molecule has 3 heterocycles. The molecule has 0 fully saturated rings. The zero-order chi connectivity index (χ0) is 20.1. The summed E-state index contributed by atoms with van der Waals surface area (Å²) in [5.74, 6) is 0.459. The Bertz CT molecular complexity index is 1280. The van der Waals surface area contributed by atoms with E-state index in [2.05, 4.69) is 23.3 Å². The van der Waals surface area contributed by atoms with Crippen LogP contribution >= 0.6 is 11.3 Å². The summed E-state index contributed by atoms with van der Waals surface area (Å²) in [4.78, 5) is 23.8. The van der Waals surface area contributed by atoms with E-state index in [1.54, 1.807) is 0 Å². The Morgan fingerprint density at radius 3 is 2.90 bits per heavy atom. The zero-order valence-electron chi connectivity index (χ0n) is 16.5. The third-order valence-electron chi connectivity index (χ3n) is 5.63. The van der Waals surface area contributed by atoms with Crippen LogP contribution in [0.5, 0.6) is 0 Å².